The van der Waals surface area contributed by atoms with Crippen molar-refractivity contribution in [3.05, 3.63) is 29.6 Å². The van der Waals surface area contributed by atoms with Crippen LogP contribution in [0.5, 0.6) is 5.75 Å². The van der Waals surface area contributed by atoms with Gasteiger partial charge >= 0.3 is 0 Å². The Morgan fingerprint density at radius 1 is 1.55 bits per heavy atom. The number of amides is 1. The van der Waals surface area contributed by atoms with Crippen LogP contribution >= 0.6 is 0 Å². The Balaban J connectivity index is 1.82. The second-order valence-electron chi connectivity index (χ2n) is 5.17. The zero-order valence-electron chi connectivity index (χ0n) is 11.6. The van der Waals surface area contributed by atoms with Crippen molar-refractivity contribution in [2.24, 2.45) is 0 Å². The van der Waals surface area contributed by atoms with E-state index in [-0.39, 0.29) is 5.91 Å². The van der Waals surface area contributed by atoms with Gasteiger partial charge in [-0.1, -0.05) is 0 Å². The molecule has 0 spiro atoms. The third-order valence-corrected chi connectivity index (χ3v) is 3.58. The molecule has 20 heavy (non-hydrogen) atoms. The second-order valence-corrected chi connectivity index (χ2v) is 5.17. The van der Waals surface area contributed by atoms with Crippen molar-refractivity contribution in [3.8, 4) is 5.75 Å². The normalized spacial score (nSPS) is 18.2. The molecular formula is C15H20FNO3. The quantitative estimate of drug-likeness (QED) is 0.902. The number of hydrogen-bond donors (Lipinski definition) is 1. The van der Waals surface area contributed by atoms with E-state index in [1.165, 1.54) is 6.07 Å². The molecule has 1 atom stereocenters. The average Bonchev–Trinajstić information content (AvgIpc) is 2.94. The molecule has 1 heterocycles. The Labute approximate surface area is 118 Å². The minimum absolute atomic E-state index is 0.215. The average molecular weight is 281 g/mol. The van der Waals surface area contributed by atoms with E-state index in [0.29, 0.717) is 18.2 Å². The number of aromatic hydroxyl groups is 1. The fourth-order valence-electron chi connectivity index (χ4n) is 2.40. The molecule has 5 heteroatoms. The molecule has 2 rings (SSSR count). The summed E-state index contributed by atoms with van der Waals surface area (Å²) in [4.78, 5) is 13.7. The van der Waals surface area contributed by atoms with Crippen LogP contribution in [0.1, 0.15) is 36.0 Å². The maximum Gasteiger partial charge on any atom is 0.253 e. The lowest BCUT2D eigenvalue weighted by atomic mass is 10.1. The molecule has 0 radical (unpaired) electrons. The van der Waals surface area contributed by atoms with E-state index < -0.39 is 11.6 Å². The molecule has 110 valence electrons. The topological polar surface area (TPSA) is 49.8 Å². The molecule has 4 nitrogen and oxygen atoms in total. The van der Waals surface area contributed by atoms with Gasteiger partial charge in [-0.05, 0) is 43.9 Å². The van der Waals surface area contributed by atoms with E-state index in [2.05, 4.69) is 0 Å². The molecule has 1 aromatic rings. The SMILES string of the molecule is CN(CCC[C@H]1CCCO1)C(=O)c1ccc(F)c(O)c1. The molecule has 0 saturated carbocycles. The van der Waals surface area contributed by atoms with Gasteiger partial charge in [0.2, 0.25) is 0 Å². The number of benzene rings is 1. The smallest absolute Gasteiger partial charge is 0.253 e. The number of ether oxygens (including phenoxy) is 1. The van der Waals surface area contributed by atoms with Crippen molar-refractivity contribution in [1.82, 2.24) is 4.90 Å². The van der Waals surface area contributed by atoms with Crippen LogP contribution in [-0.2, 0) is 4.74 Å². The Bertz CT molecular complexity index is 472. The number of carbonyl (C=O) groups is 1. The maximum atomic E-state index is 12.9. The number of halogens is 1. The molecule has 1 aliphatic heterocycles. The Morgan fingerprint density at radius 2 is 2.35 bits per heavy atom. The number of phenols is 1. The van der Waals surface area contributed by atoms with Gasteiger partial charge in [0.15, 0.2) is 11.6 Å². The summed E-state index contributed by atoms with van der Waals surface area (Å²) < 4.78 is 18.5. The van der Waals surface area contributed by atoms with Gasteiger partial charge in [-0.2, -0.15) is 0 Å². The van der Waals surface area contributed by atoms with Gasteiger partial charge < -0.3 is 14.7 Å². The van der Waals surface area contributed by atoms with Crippen molar-refractivity contribution >= 4 is 5.91 Å². The highest BCUT2D eigenvalue weighted by Gasteiger charge is 2.17. The number of phenolic OH excluding ortho intramolecular Hbond substituents is 1. The number of nitrogens with zero attached hydrogens (tertiary/aromatic N) is 1. The van der Waals surface area contributed by atoms with Crippen molar-refractivity contribution in [2.75, 3.05) is 20.2 Å². The zero-order chi connectivity index (χ0) is 14.5. The zero-order valence-corrected chi connectivity index (χ0v) is 11.6. The van der Waals surface area contributed by atoms with Gasteiger partial charge in [-0.15, -0.1) is 0 Å². The molecule has 0 aromatic heterocycles. The summed E-state index contributed by atoms with van der Waals surface area (Å²) in [7, 11) is 1.71. The third kappa shape index (κ3) is 3.70. The van der Waals surface area contributed by atoms with Gasteiger partial charge in [0.25, 0.3) is 5.91 Å². The molecule has 1 fully saturated rings. The van der Waals surface area contributed by atoms with Crippen LogP contribution in [0.4, 0.5) is 4.39 Å². The highest BCUT2D eigenvalue weighted by atomic mass is 19.1. The molecular weight excluding hydrogens is 261 g/mol. The highest BCUT2D eigenvalue weighted by Crippen LogP contribution is 2.19. The van der Waals surface area contributed by atoms with Gasteiger partial charge in [-0.3, -0.25) is 4.79 Å². The second kappa shape index (κ2) is 6.70. The molecule has 0 unspecified atom stereocenters. The van der Waals surface area contributed by atoms with Crippen molar-refractivity contribution < 1.29 is 19.0 Å². The van der Waals surface area contributed by atoms with Crippen LogP contribution in [0, 0.1) is 5.82 Å². The van der Waals surface area contributed by atoms with Gasteiger partial charge in [0.1, 0.15) is 0 Å². The van der Waals surface area contributed by atoms with Crippen LogP contribution < -0.4 is 0 Å². The van der Waals surface area contributed by atoms with Gasteiger partial charge in [-0.25, -0.2) is 4.39 Å². The van der Waals surface area contributed by atoms with E-state index in [0.717, 1.165) is 44.4 Å². The molecule has 0 aliphatic carbocycles. The molecule has 1 saturated heterocycles. The Kier molecular flexibility index (Phi) is 4.95. The van der Waals surface area contributed by atoms with E-state index in [4.69, 9.17) is 4.74 Å². The third-order valence-electron chi connectivity index (χ3n) is 3.58. The van der Waals surface area contributed by atoms with Crippen LogP contribution in [0.25, 0.3) is 0 Å². The molecule has 0 bridgehead atoms. The molecule has 1 amide bonds. The lowest BCUT2D eigenvalue weighted by Crippen LogP contribution is -2.28. The summed E-state index contributed by atoms with van der Waals surface area (Å²) in [6.45, 7) is 1.46. The Morgan fingerprint density at radius 3 is 3.00 bits per heavy atom. The largest absolute Gasteiger partial charge is 0.505 e. The van der Waals surface area contributed by atoms with Gasteiger partial charge in [0, 0.05) is 25.8 Å². The van der Waals surface area contributed by atoms with E-state index in [1.807, 2.05) is 0 Å². The summed E-state index contributed by atoms with van der Waals surface area (Å²) in [5, 5.41) is 9.29. The van der Waals surface area contributed by atoms with E-state index >= 15 is 0 Å². The maximum absolute atomic E-state index is 12.9. The number of carbonyl (C=O) groups excluding carboxylic acids is 1. The molecule has 1 aromatic carbocycles. The summed E-state index contributed by atoms with van der Waals surface area (Å²) in [5.74, 6) is -1.43. The van der Waals surface area contributed by atoms with Crippen molar-refractivity contribution in [3.63, 3.8) is 0 Å². The van der Waals surface area contributed by atoms with E-state index in [1.54, 1.807) is 11.9 Å². The number of hydrogen-bond acceptors (Lipinski definition) is 3. The first-order valence-corrected chi connectivity index (χ1v) is 6.93. The Hall–Kier alpha value is -1.62. The fourth-order valence-corrected chi connectivity index (χ4v) is 2.40. The number of rotatable bonds is 5. The van der Waals surface area contributed by atoms with E-state index in [9.17, 15) is 14.3 Å². The highest BCUT2D eigenvalue weighted by molar-refractivity contribution is 5.94. The minimum atomic E-state index is -0.720. The first-order chi connectivity index (χ1) is 9.58. The molecule has 1 N–H and O–H groups in total. The summed E-state index contributed by atoms with van der Waals surface area (Å²) in [6, 6.07) is 3.64. The van der Waals surface area contributed by atoms with Crippen molar-refractivity contribution in [2.45, 2.75) is 31.8 Å². The first-order valence-electron chi connectivity index (χ1n) is 6.93. The lowest BCUT2D eigenvalue weighted by molar-refractivity contribution is 0.0762. The predicted octanol–water partition coefficient (Wildman–Crippen LogP) is 2.56. The fraction of sp³-hybridized carbons (Fsp3) is 0.533. The monoisotopic (exact) mass is 281 g/mol. The minimum Gasteiger partial charge on any atom is -0.505 e. The first kappa shape index (κ1) is 14.8. The predicted molar refractivity (Wildman–Crippen MR) is 73.2 cm³/mol. The summed E-state index contributed by atoms with van der Waals surface area (Å²) in [6.07, 6.45) is 4.37. The standard InChI is InChI=1S/C15H20FNO3/c1-17(8-2-4-12-5-3-9-20-12)15(19)11-6-7-13(16)14(18)10-11/h6-7,10,12,18H,2-5,8-9H2,1H3/t12-/m0/s1. The summed E-state index contributed by atoms with van der Waals surface area (Å²) >= 11 is 0. The van der Waals surface area contributed by atoms with Crippen LogP contribution in [0.3, 0.4) is 0 Å². The summed E-state index contributed by atoms with van der Waals surface area (Å²) in [5.41, 5.74) is 0.295. The lowest BCUT2D eigenvalue weighted by Gasteiger charge is -2.18. The van der Waals surface area contributed by atoms with Crippen LogP contribution in [-0.4, -0.2) is 42.2 Å². The van der Waals surface area contributed by atoms with Gasteiger partial charge in [0.05, 0.1) is 6.10 Å². The molecule has 1 aliphatic rings. The van der Waals surface area contributed by atoms with Crippen LogP contribution in [0.15, 0.2) is 18.2 Å². The van der Waals surface area contributed by atoms with Crippen molar-refractivity contribution in [1.29, 1.82) is 0 Å². The van der Waals surface area contributed by atoms with Crippen LogP contribution in [0.2, 0.25) is 0 Å².